The number of aliphatic carboxylic acids is 1. The summed E-state index contributed by atoms with van der Waals surface area (Å²) in [7, 11) is 0. The van der Waals surface area contributed by atoms with E-state index in [0.717, 1.165) is 12.8 Å². The van der Waals surface area contributed by atoms with Gasteiger partial charge >= 0.3 is 5.97 Å². The molecule has 1 N–H and O–H groups in total. The Morgan fingerprint density at radius 2 is 2.14 bits per heavy atom. The molecule has 1 aliphatic carbocycles. The quantitative estimate of drug-likeness (QED) is 0.675. The van der Waals surface area contributed by atoms with Gasteiger partial charge in [0.1, 0.15) is 5.54 Å². The molecule has 80 valence electrons. The summed E-state index contributed by atoms with van der Waals surface area (Å²) >= 11 is 0. The SMILES string of the molecule is CCN(C=O)C(C)(C(=O)O)C1(C)CC1. The Kier molecular flexibility index (Phi) is 2.56. The zero-order valence-electron chi connectivity index (χ0n) is 8.91. The summed E-state index contributed by atoms with van der Waals surface area (Å²) in [5, 5.41) is 9.24. The van der Waals surface area contributed by atoms with E-state index in [1.54, 1.807) is 13.8 Å². The Balaban J connectivity index is 3.03. The highest BCUT2D eigenvalue weighted by Crippen LogP contribution is 2.55. The van der Waals surface area contributed by atoms with Crippen molar-refractivity contribution in [3.8, 4) is 0 Å². The Morgan fingerprint density at radius 3 is 2.36 bits per heavy atom. The van der Waals surface area contributed by atoms with Crippen LogP contribution in [0.25, 0.3) is 0 Å². The van der Waals surface area contributed by atoms with Gasteiger partial charge in [0.05, 0.1) is 0 Å². The number of carbonyl (C=O) groups is 2. The molecule has 0 heterocycles. The third kappa shape index (κ3) is 1.29. The molecule has 0 radical (unpaired) electrons. The zero-order valence-corrected chi connectivity index (χ0v) is 8.91. The summed E-state index contributed by atoms with van der Waals surface area (Å²) in [5.41, 5.74) is -1.31. The number of amides is 1. The number of hydrogen-bond acceptors (Lipinski definition) is 2. The second-order valence-electron chi connectivity index (χ2n) is 4.33. The molecular weight excluding hydrogens is 182 g/mol. The van der Waals surface area contributed by atoms with Crippen LogP contribution in [0.4, 0.5) is 0 Å². The van der Waals surface area contributed by atoms with Crippen molar-refractivity contribution >= 4 is 12.4 Å². The van der Waals surface area contributed by atoms with E-state index < -0.39 is 11.5 Å². The first-order chi connectivity index (χ1) is 6.42. The topological polar surface area (TPSA) is 57.6 Å². The monoisotopic (exact) mass is 199 g/mol. The van der Waals surface area contributed by atoms with Gasteiger partial charge in [-0.05, 0) is 26.7 Å². The van der Waals surface area contributed by atoms with E-state index in [-0.39, 0.29) is 5.41 Å². The van der Waals surface area contributed by atoms with Crippen LogP contribution in [0.5, 0.6) is 0 Å². The first-order valence-corrected chi connectivity index (χ1v) is 4.88. The molecule has 1 fully saturated rings. The highest BCUT2D eigenvalue weighted by atomic mass is 16.4. The predicted molar refractivity (Wildman–Crippen MR) is 51.8 cm³/mol. The predicted octanol–water partition coefficient (Wildman–Crippen LogP) is 1.11. The maximum Gasteiger partial charge on any atom is 0.329 e. The largest absolute Gasteiger partial charge is 0.479 e. The molecule has 4 nitrogen and oxygen atoms in total. The lowest BCUT2D eigenvalue weighted by Crippen LogP contribution is -2.57. The smallest absolute Gasteiger partial charge is 0.329 e. The summed E-state index contributed by atoms with van der Waals surface area (Å²) in [5.74, 6) is -0.911. The second-order valence-corrected chi connectivity index (χ2v) is 4.33. The average Bonchev–Trinajstić information content (AvgIpc) is 2.86. The maximum atomic E-state index is 11.3. The lowest BCUT2D eigenvalue weighted by molar-refractivity contribution is -0.158. The van der Waals surface area contributed by atoms with Gasteiger partial charge in [0.15, 0.2) is 0 Å². The summed E-state index contributed by atoms with van der Waals surface area (Å²) in [6, 6.07) is 0. The molecule has 1 unspecified atom stereocenters. The first kappa shape index (κ1) is 11.0. The van der Waals surface area contributed by atoms with Crippen molar-refractivity contribution < 1.29 is 14.7 Å². The van der Waals surface area contributed by atoms with Gasteiger partial charge in [-0.15, -0.1) is 0 Å². The molecule has 4 heteroatoms. The molecule has 1 aliphatic rings. The third-order valence-electron chi connectivity index (χ3n) is 3.63. The van der Waals surface area contributed by atoms with Crippen LogP contribution in [0, 0.1) is 5.41 Å². The number of carbonyl (C=O) groups excluding carboxylic acids is 1. The van der Waals surface area contributed by atoms with Crippen LogP contribution in [-0.2, 0) is 9.59 Å². The fourth-order valence-corrected chi connectivity index (χ4v) is 1.90. The van der Waals surface area contributed by atoms with Crippen molar-refractivity contribution in [1.29, 1.82) is 0 Å². The van der Waals surface area contributed by atoms with E-state index in [0.29, 0.717) is 13.0 Å². The molecular formula is C10H17NO3. The Hall–Kier alpha value is -1.06. The zero-order chi connectivity index (χ0) is 11.0. The minimum Gasteiger partial charge on any atom is -0.479 e. The van der Waals surface area contributed by atoms with E-state index in [1.807, 2.05) is 6.92 Å². The van der Waals surface area contributed by atoms with Gasteiger partial charge in [0, 0.05) is 12.0 Å². The highest BCUT2D eigenvalue weighted by Gasteiger charge is 2.60. The van der Waals surface area contributed by atoms with E-state index >= 15 is 0 Å². The van der Waals surface area contributed by atoms with E-state index in [9.17, 15) is 14.7 Å². The van der Waals surface area contributed by atoms with Crippen LogP contribution in [0.15, 0.2) is 0 Å². The van der Waals surface area contributed by atoms with Crippen LogP contribution in [0.3, 0.4) is 0 Å². The molecule has 0 bridgehead atoms. The summed E-state index contributed by atoms with van der Waals surface area (Å²) in [6.07, 6.45) is 2.39. The molecule has 0 aromatic heterocycles. The number of nitrogens with zero attached hydrogens (tertiary/aromatic N) is 1. The van der Waals surface area contributed by atoms with Crippen LogP contribution in [0.1, 0.15) is 33.6 Å². The molecule has 1 atom stereocenters. The second kappa shape index (κ2) is 3.26. The minimum atomic E-state index is -1.05. The van der Waals surface area contributed by atoms with Crippen molar-refractivity contribution in [2.24, 2.45) is 5.41 Å². The molecule has 14 heavy (non-hydrogen) atoms. The van der Waals surface area contributed by atoms with Gasteiger partial charge in [-0.25, -0.2) is 4.79 Å². The molecule has 0 aromatic rings. The molecule has 0 aliphatic heterocycles. The van der Waals surface area contributed by atoms with Crippen LogP contribution >= 0.6 is 0 Å². The third-order valence-corrected chi connectivity index (χ3v) is 3.63. The van der Waals surface area contributed by atoms with Crippen LogP contribution < -0.4 is 0 Å². The van der Waals surface area contributed by atoms with Gasteiger partial charge in [0.2, 0.25) is 6.41 Å². The minimum absolute atomic E-state index is 0.254. The Morgan fingerprint density at radius 1 is 1.64 bits per heavy atom. The lowest BCUT2D eigenvalue weighted by atomic mass is 9.82. The maximum absolute atomic E-state index is 11.3. The van der Waals surface area contributed by atoms with E-state index in [2.05, 4.69) is 0 Å². The van der Waals surface area contributed by atoms with Gasteiger partial charge in [-0.1, -0.05) is 6.92 Å². The summed E-state index contributed by atoms with van der Waals surface area (Å²) in [6.45, 7) is 5.79. The highest BCUT2D eigenvalue weighted by molar-refractivity contribution is 5.82. The van der Waals surface area contributed by atoms with Crippen molar-refractivity contribution in [1.82, 2.24) is 4.90 Å². The normalized spacial score (nSPS) is 22.2. The van der Waals surface area contributed by atoms with Gasteiger partial charge in [-0.3, -0.25) is 4.79 Å². The van der Waals surface area contributed by atoms with Crippen molar-refractivity contribution in [3.63, 3.8) is 0 Å². The Labute approximate surface area is 83.9 Å². The van der Waals surface area contributed by atoms with Gasteiger partial charge in [-0.2, -0.15) is 0 Å². The standard InChI is InChI=1S/C10H17NO3/c1-4-11(7-12)10(3,8(13)14)9(2)5-6-9/h7H,4-6H2,1-3H3,(H,13,14). The number of carboxylic acids is 1. The van der Waals surface area contributed by atoms with Crippen molar-refractivity contribution in [3.05, 3.63) is 0 Å². The van der Waals surface area contributed by atoms with Crippen molar-refractivity contribution in [2.75, 3.05) is 6.54 Å². The number of rotatable bonds is 5. The molecule has 1 amide bonds. The molecule has 1 rings (SSSR count). The fraction of sp³-hybridized carbons (Fsp3) is 0.800. The molecule has 0 aromatic carbocycles. The molecule has 0 spiro atoms. The molecule has 0 saturated heterocycles. The fourth-order valence-electron chi connectivity index (χ4n) is 1.90. The Bertz CT molecular complexity index is 260. The van der Waals surface area contributed by atoms with Crippen molar-refractivity contribution in [2.45, 2.75) is 39.2 Å². The first-order valence-electron chi connectivity index (χ1n) is 4.88. The van der Waals surface area contributed by atoms with Gasteiger partial charge in [0.25, 0.3) is 0 Å². The van der Waals surface area contributed by atoms with Gasteiger partial charge < -0.3 is 10.0 Å². The average molecular weight is 199 g/mol. The van der Waals surface area contributed by atoms with E-state index in [1.165, 1.54) is 4.90 Å². The van der Waals surface area contributed by atoms with Crippen LogP contribution in [0.2, 0.25) is 0 Å². The number of carboxylic acid groups (broad SMARTS) is 1. The van der Waals surface area contributed by atoms with Crippen LogP contribution in [-0.4, -0.2) is 34.5 Å². The molecule has 1 saturated carbocycles. The number of likely N-dealkylation sites (N-methyl/N-ethyl adjacent to an activating group) is 1. The van der Waals surface area contributed by atoms with E-state index in [4.69, 9.17) is 0 Å². The lowest BCUT2D eigenvalue weighted by Gasteiger charge is -2.39. The summed E-state index contributed by atoms with van der Waals surface area (Å²) < 4.78 is 0. The summed E-state index contributed by atoms with van der Waals surface area (Å²) in [4.78, 5) is 23.5. The number of hydrogen-bond donors (Lipinski definition) is 1.